The normalized spacial score (nSPS) is 23.6. The van der Waals surface area contributed by atoms with Gasteiger partial charge in [0.15, 0.2) is 5.82 Å². The Kier molecular flexibility index (Phi) is 3.25. The summed E-state index contributed by atoms with van der Waals surface area (Å²) in [6.07, 6.45) is 2.53. The highest BCUT2D eigenvalue weighted by Crippen LogP contribution is 2.30. The zero-order chi connectivity index (χ0) is 14.3. The third-order valence-corrected chi connectivity index (χ3v) is 5.55. The maximum atomic E-state index is 11.7. The van der Waals surface area contributed by atoms with Crippen LogP contribution in [0.2, 0.25) is 0 Å². The minimum absolute atomic E-state index is 0.0205. The van der Waals surface area contributed by atoms with Crippen molar-refractivity contribution in [2.75, 3.05) is 7.05 Å². The van der Waals surface area contributed by atoms with Crippen LogP contribution >= 0.6 is 0 Å². The van der Waals surface area contributed by atoms with E-state index in [1.807, 2.05) is 0 Å². The Morgan fingerprint density at radius 2 is 2.15 bits per heavy atom. The molecular formula is C11H16N4O4S. The van der Waals surface area contributed by atoms with Crippen LogP contribution in [0.3, 0.4) is 0 Å². The number of aromatic nitrogens is 2. The third-order valence-electron chi connectivity index (χ3n) is 3.66. The number of nitrogens with one attached hydrogen (secondary N) is 1. The first-order valence-electron chi connectivity index (χ1n) is 6.54. The van der Waals surface area contributed by atoms with Gasteiger partial charge in [-0.25, -0.2) is 13.1 Å². The van der Waals surface area contributed by atoms with Crippen molar-refractivity contribution < 1.29 is 17.7 Å². The first kappa shape index (κ1) is 13.5. The molecule has 0 bridgehead atoms. The van der Waals surface area contributed by atoms with Gasteiger partial charge in [-0.3, -0.25) is 4.79 Å². The molecule has 8 nitrogen and oxygen atoms in total. The molecule has 9 heteroatoms. The maximum absolute atomic E-state index is 11.7. The molecule has 1 aromatic heterocycles. The first-order valence-corrected chi connectivity index (χ1v) is 8.08. The van der Waals surface area contributed by atoms with Gasteiger partial charge in [0.25, 0.3) is 0 Å². The molecule has 1 N–H and O–H groups in total. The van der Waals surface area contributed by atoms with E-state index in [1.54, 1.807) is 11.9 Å². The number of carbonyl (C=O) groups is 1. The second-order valence-corrected chi connectivity index (χ2v) is 7.22. The number of sulfonamides is 1. The lowest BCUT2D eigenvalue weighted by Gasteiger charge is -2.14. The summed E-state index contributed by atoms with van der Waals surface area (Å²) < 4.78 is 30.9. The number of nitrogens with zero attached hydrogens (tertiary/aromatic N) is 3. The molecular weight excluding hydrogens is 284 g/mol. The second-order valence-electron chi connectivity index (χ2n) is 5.17. The Morgan fingerprint density at radius 1 is 1.40 bits per heavy atom. The van der Waals surface area contributed by atoms with Gasteiger partial charge in [-0.05, 0) is 19.3 Å². The van der Waals surface area contributed by atoms with Crippen LogP contribution < -0.4 is 4.72 Å². The average molecular weight is 300 g/mol. The number of hydrogen-bond acceptors (Lipinski definition) is 6. The fourth-order valence-electron chi connectivity index (χ4n) is 2.23. The minimum Gasteiger partial charge on any atom is -0.337 e. The minimum atomic E-state index is -3.25. The number of amides is 1. The summed E-state index contributed by atoms with van der Waals surface area (Å²) in [5.41, 5.74) is 0. The zero-order valence-corrected chi connectivity index (χ0v) is 11.9. The van der Waals surface area contributed by atoms with Crippen LogP contribution in [0, 0.1) is 0 Å². The second kappa shape index (κ2) is 4.81. The molecule has 2 fully saturated rings. The van der Waals surface area contributed by atoms with Gasteiger partial charge in [0.2, 0.25) is 21.8 Å². The number of hydrogen-bond donors (Lipinski definition) is 1. The van der Waals surface area contributed by atoms with Gasteiger partial charge in [0, 0.05) is 13.5 Å². The van der Waals surface area contributed by atoms with Crippen molar-refractivity contribution >= 4 is 15.9 Å². The lowest BCUT2D eigenvalue weighted by atomic mass is 10.2. The van der Waals surface area contributed by atoms with Crippen LogP contribution in [-0.2, 0) is 21.4 Å². The fraction of sp³-hybridized carbons (Fsp3) is 0.727. The molecule has 1 saturated carbocycles. The molecule has 1 amide bonds. The van der Waals surface area contributed by atoms with E-state index < -0.39 is 10.0 Å². The van der Waals surface area contributed by atoms with Crippen molar-refractivity contribution in [1.29, 1.82) is 0 Å². The summed E-state index contributed by atoms with van der Waals surface area (Å²) in [4.78, 5) is 17.2. The Morgan fingerprint density at radius 3 is 2.75 bits per heavy atom. The number of likely N-dealkylation sites (tertiary alicyclic amines) is 1. The van der Waals surface area contributed by atoms with Crippen molar-refractivity contribution in [3.63, 3.8) is 0 Å². The van der Waals surface area contributed by atoms with Gasteiger partial charge >= 0.3 is 0 Å². The maximum Gasteiger partial charge on any atom is 0.249 e. The predicted molar refractivity (Wildman–Crippen MR) is 67.8 cm³/mol. The van der Waals surface area contributed by atoms with Gasteiger partial charge in [0.05, 0.1) is 11.8 Å². The monoisotopic (exact) mass is 300 g/mol. The standard InChI is InChI=1S/C11H16N4O4S/c1-15-8(4-5-10(15)16)11-13-9(14-19-11)6-12-20(17,18)7-2-3-7/h7-8,12H,2-6H2,1H3/t8-/m0/s1. The lowest BCUT2D eigenvalue weighted by Crippen LogP contribution is -2.27. The van der Waals surface area contributed by atoms with Crippen molar-refractivity contribution in [1.82, 2.24) is 19.8 Å². The smallest absolute Gasteiger partial charge is 0.249 e. The molecule has 20 heavy (non-hydrogen) atoms. The molecule has 110 valence electrons. The molecule has 0 aromatic carbocycles. The molecule has 1 aliphatic heterocycles. The van der Waals surface area contributed by atoms with E-state index in [9.17, 15) is 13.2 Å². The van der Waals surface area contributed by atoms with Gasteiger partial charge < -0.3 is 9.42 Å². The topological polar surface area (TPSA) is 105 Å². The SMILES string of the molecule is CN1C(=O)CC[C@H]1c1nc(CNS(=O)(=O)C2CC2)no1. The molecule has 2 heterocycles. The summed E-state index contributed by atoms with van der Waals surface area (Å²) in [6, 6.07) is -0.205. The van der Waals surface area contributed by atoms with Crippen LogP contribution in [0.5, 0.6) is 0 Å². The quantitative estimate of drug-likeness (QED) is 0.817. The van der Waals surface area contributed by atoms with E-state index in [4.69, 9.17) is 4.52 Å². The highest BCUT2D eigenvalue weighted by molar-refractivity contribution is 7.90. The van der Waals surface area contributed by atoms with E-state index in [-0.39, 0.29) is 29.6 Å². The summed E-state index contributed by atoms with van der Waals surface area (Å²) in [5.74, 6) is 0.695. The predicted octanol–water partition coefficient (Wildman–Crippen LogP) is -0.0553. The van der Waals surface area contributed by atoms with Gasteiger partial charge in [0.1, 0.15) is 6.04 Å². The van der Waals surface area contributed by atoms with Crippen molar-refractivity contribution in [2.45, 2.75) is 43.5 Å². The van der Waals surface area contributed by atoms with E-state index >= 15 is 0 Å². The van der Waals surface area contributed by atoms with Crippen molar-refractivity contribution in [3.8, 4) is 0 Å². The average Bonchev–Trinajstić information content (AvgIpc) is 3.10. The molecule has 0 radical (unpaired) electrons. The Hall–Kier alpha value is -1.48. The van der Waals surface area contributed by atoms with Crippen molar-refractivity contribution in [3.05, 3.63) is 11.7 Å². The van der Waals surface area contributed by atoms with Crippen LogP contribution in [0.25, 0.3) is 0 Å². The number of carbonyl (C=O) groups excluding carboxylic acids is 1. The molecule has 3 rings (SSSR count). The first-order chi connectivity index (χ1) is 9.47. The molecule has 0 spiro atoms. The van der Waals surface area contributed by atoms with Gasteiger partial charge in [-0.2, -0.15) is 4.98 Å². The van der Waals surface area contributed by atoms with Crippen LogP contribution in [-0.4, -0.2) is 41.7 Å². The molecule has 1 atom stereocenters. The molecule has 2 aliphatic rings. The van der Waals surface area contributed by atoms with Gasteiger partial charge in [-0.1, -0.05) is 5.16 Å². The zero-order valence-electron chi connectivity index (χ0n) is 11.1. The Bertz CT molecular complexity index is 622. The molecule has 1 saturated heterocycles. The number of rotatable bonds is 5. The fourth-order valence-corrected chi connectivity index (χ4v) is 3.55. The van der Waals surface area contributed by atoms with E-state index in [0.29, 0.717) is 31.6 Å². The third kappa shape index (κ3) is 2.55. The molecule has 1 aliphatic carbocycles. The Labute approximate surface area is 116 Å². The Balaban J connectivity index is 1.64. The molecule has 1 aromatic rings. The van der Waals surface area contributed by atoms with Crippen LogP contribution in [0.4, 0.5) is 0 Å². The highest BCUT2D eigenvalue weighted by Gasteiger charge is 2.36. The highest BCUT2D eigenvalue weighted by atomic mass is 32.2. The van der Waals surface area contributed by atoms with Crippen LogP contribution in [0.1, 0.15) is 43.4 Å². The van der Waals surface area contributed by atoms with E-state index in [2.05, 4.69) is 14.9 Å². The van der Waals surface area contributed by atoms with Gasteiger partial charge in [-0.15, -0.1) is 0 Å². The van der Waals surface area contributed by atoms with E-state index in [1.165, 1.54) is 0 Å². The van der Waals surface area contributed by atoms with Crippen LogP contribution in [0.15, 0.2) is 4.52 Å². The van der Waals surface area contributed by atoms with Crippen molar-refractivity contribution in [2.24, 2.45) is 0 Å². The lowest BCUT2D eigenvalue weighted by molar-refractivity contribution is -0.127. The summed E-state index contributed by atoms with van der Waals surface area (Å²) >= 11 is 0. The summed E-state index contributed by atoms with van der Waals surface area (Å²) in [7, 11) is -1.56. The van der Waals surface area contributed by atoms with E-state index in [0.717, 1.165) is 0 Å². The summed E-state index contributed by atoms with van der Waals surface area (Å²) in [6.45, 7) is 0.0205. The summed E-state index contributed by atoms with van der Waals surface area (Å²) in [5, 5.41) is 3.48. The molecule has 0 unspecified atom stereocenters. The largest absolute Gasteiger partial charge is 0.337 e.